The minimum absolute atomic E-state index is 0.0646. The molecule has 0 saturated carbocycles. The van der Waals surface area contributed by atoms with Crippen molar-refractivity contribution in [2.24, 2.45) is 0 Å². The zero-order valence-corrected chi connectivity index (χ0v) is 14.5. The second-order valence-electron chi connectivity index (χ2n) is 6.56. The Kier molecular flexibility index (Phi) is 3.00. The number of benzene rings is 1. The number of carbonyl (C=O) groups is 1. The van der Waals surface area contributed by atoms with Crippen LogP contribution in [-0.4, -0.2) is 43.9 Å². The Balaban J connectivity index is 1.79. The molecule has 1 amide bonds. The van der Waals surface area contributed by atoms with Gasteiger partial charge in [0.2, 0.25) is 0 Å². The summed E-state index contributed by atoms with van der Waals surface area (Å²) < 4.78 is 0. The van der Waals surface area contributed by atoms with Gasteiger partial charge in [0.05, 0.1) is 6.04 Å². The Morgan fingerprint density at radius 1 is 1.24 bits per heavy atom. The summed E-state index contributed by atoms with van der Waals surface area (Å²) >= 11 is 5.60. The first-order valence-electron chi connectivity index (χ1n) is 8.26. The maximum absolute atomic E-state index is 12.8. The standard InChI is InChI=1S/C19H16N4OS/c1-22-18(24)15-9-13-12-6-2-3-7-14(12)21-16(13)17(23(15)19(22)25)11-5-4-8-20-10-11/h2-8,10,15,17,21H,9H2,1H3/t15-,17-/m1/s1. The lowest BCUT2D eigenvalue weighted by Crippen LogP contribution is -2.44. The number of nitrogens with zero attached hydrogens (tertiary/aromatic N) is 3. The van der Waals surface area contributed by atoms with Crippen LogP contribution in [0.15, 0.2) is 48.8 Å². The van der Waals surface area contributed by atoms with E-state index in [1.165, 1.54) is 10.9 Å². The highest BCUT2D eigenvalue weighted by Gasteiger charge is 2.49. The van der Waals surface area contributed by atoms with E-state index in [1.54, 1.807) is 18.1 Å². The number of likely N-dealkylation sites (N-methyl/N-ethyl adjacent to an activating group) is 1. The average molecular weight is 348 g/mol. The highest BCUT2D eigenvalue weighted by Crippen LogP contribution is 2.43. The van der Waals surface area contributed by atoms with Crippen LogP contribution in [0.5, 0.6) is 0 Å². The van der Waals surface area contributed by atoms with Crippen molar-refractivity contribution in [2.75, 3.05) is 7.05 Å². The Labute approximate surface area is 150 Å². The molecule has 4 heterocycles. The summed E-state index contributed by atoms with van der Waals surface area (Å²) in [6, 6.07) is 11.8. The summed E-state index contributed by atoms with van der Waals surface area (Å²) in [7, 11) is 1.76. The van der Waals surface area contributed by atoms with Gasteiger partial charge in [-0.2, -0.15) is 0 Å². The molecule has 2 atom stereocenters. The highest BCUT2D eigenvalue weighted by atomic mass is 32.1. The molecule has 0 unspecified atom stereocenters. The summed E-state index contributed by atoms with van der Waals surface area (Å²) in [5.74, 6) is 0.0646. The van der Waals surface area contributed by atoms with E-state index in [-0.39, 0.29) is 18.0 Å². The van der Waals surface area contributed by atoms with Crippen LogP contribution in [0, 0.1) is 0 Å². The quantitative estimate of drug-likeness (QED) is 0.687. The van der Waals surface area contributed by atoms with Gasteiger partial charge in [-0.1, -0.05) is 24.3 Å². The number of nitrogens with one attached hydrogen (secondary N) is 1. The van der Waals surface area contributed by atoms with Crippen LogP contribution in [0.4, 0.5) is 0 Å². The van der Waals surface area contributed by atoms with Gasteiger partial charge in [0.25, 0.3) is 5.91 Å². The lowest BCUT2D eigenvalue weighted by Gasteiger charge is -2.37. The maximum Gasteiger partial charge on any atom is 0.251 e. The molecular formula is C19H16N4OS. The molecule has 2 aromatic heterocycles. The molecule has 6 heteroatoms. The van der Waals surface area contributed by atoms with Crippen LogP contribution in [-0.2, 0) is 11.2 Å². The number of fused-ring (bicyclic) bond motifs is 4. The summed E-state index contributed by atoms with van der Waals surface area (Å²) in [5, 5.41) is 1.76. The Morgan fingerprint density at radius 3 is 2.88 bits per heavy atom. The number of carbonyl (C=O) groups excluding carboxylic acids is 1. The molecule has 3 aromatic rings. The molecule has 5 rings (SSSR count). The van der Waals surface area contributed by atoms with E-state index in [1.807, 2.05) is 30.5 Å². The number of hydrogen-bond acceptors (Lipinski definition) is 3. The van der Waals surface area contributed by atoms with Gasteiger partial charge in [-0.25, -0.2) is 0 Å². The minimum atomic E-state index is -0.255. The van der Waals surface area contributed by atoms with Gasteiger partial charge in [0, 0.05) is 42.5 Å². The number of hydrogen-bond donors (Lipinski definition) is 1. The number of para-hydroxylation sites is 1. The molecular weight excluding hydrogens is 332 g/mol. The van der Waals surface area contributed by atoms with Gasteiger partial charge >= 0.3 is 0 Å². The van der Waals surface area contributed by atoms with Crippen LogP contribution < -0.4 is 0 Å². The number of amides is 1. The Bertz CT molecular complexity index is 1010. The smallest absolute Gasteiger partial charge is 0.251 e. The monoisotopic (exact) mass is 348 g/mol. The van der Waals surface area contributed by atoms with E-state index < -0.39 is 0 Å². The zero-order valence-electron chi connectivity index (χ0n) is 13.6. The predicted molar refractivity (Wildman–Crippen MR) is 99.1 cm³/mol. The van der Waals surface area contributed by atoms with Crippen LogP contribution in [0.2, 0.25) is 0 Å². The third-order valence-electron chi connectivity index (χ3n) is 5.26. The number of thiocarbonyl (C=S) groups is 1. The fourth-order valence-corrected chi connectivity index (χ4v) is 4.41. The van der Waals surface area contributed by atoms with Crippen molar-refractivity contribution in [1.82, 2.24) is 19.8 Å². The van der Waals surface area contributed by atoms with Crippen molar-refractivity contribution in [3.05, 3.63) is 65.6 Å². The Morgan fingerprint density at radius 2 is 2.08 bits per heavy atom. The number of rotatable bonds is 1. The second kappa shape index (κ2) is 5.13. The third-order valence-corrected chi connectivity index (χ3v) is 5.74. The van der Waals surface area contributed by atoms with Crippen molar-refractivity contribution in [3.63, 3.8) is 0 Å². The van der Waals surface area contributed by atoms with E-state index in [0.717, 1.165) is 16.8 Å². The average Bonchev–Trinajstić information content (AvgIpc) is 3.12. The van der Waals surface area contributed by atoms with E-state index in [2.05, 4.69) is 27.0 Å². The topological polar surface area (TPSA) is 52.2 Å². The molecule has 1 N–H and O–H groups in total. The van der Waals surface area contributed by atoms with E-state index >= 15 is 0 Å². The number of aromatic amines is 1. The first-order valence-corrected chi connectivity index (χ1v) is 8.67. The van der Waals surface area contributed by atoms with Gasteiger partial charge in [-0.3, -0.25) is 14.7 Å². The predicted octanol–water partition coefficient (Wildman–Crippen LogP) is 2.64. The second-order valence-corrected chi connectivity index (χ2v) is 6.92. The lowest BCUT2D eigenvalue weighted by molar-refractivity contribution is -0.127. The molecule has 0 bridgehead atoms. The fourth-order valence-electron chi connectivity index (χ4n) is 4.09. The normalized spacial score (nSPS) is 22.4. The molecule has 2 aliphatic rings. The third kappa shape index (κ3) is 1.91. The van der Waals surface area contributed by atoms with Crippen LogP contribution in [0.25, 0.3) is 10.9 Å². The Hall–Kier alpha value is -2.73. The summed E-state index contributed by atoms with van der Waals surface area (Å²) in [6.07, 6.45) is 4.28. The summed E-state index contributed by atoms with van der Waals surface area (Å²) in [6.45, 7) is 0. The summed E-state index contributed by atoms with van der Waals surface area (Å²) in [5.41, 5.74) is 4.44. The van der Waals surface area contributed by atoms with Crippen molar-refractivity contribution in [3.8, 4) is 0 Å². The van der Waals surface area contributed by atoms with Crippen molar-refractivity contribution >= 4 is 34.1 Å². The zero-order chi connectivity index (χ0) is 17.1. The molecule has 0 spiro atoms. The summed E-state index contributed by atoms with van der Waals surface area (Å²) in [4.78, 5) is 24.3. The van der Waals surface area contributed by atoms with Crippen molar-refractivity contribution in [1.29, 1.82) is 0 Å². The van der Waals surface area contributed by atoms with Crippen molar-refractivity contribution in [2.45, 2.75) is 18.5 Å². The van der Waals surface area contributed by atoms with Crippen LogP contribution in [0.1, 0.15) is 22.9 Å². The fraction of sp³-hybridized carbons (Fsp3) is 0.211. The first kappa shape index (κ1) is 14.6. The van der Waals surface area contributed by atoms with E-state index in [0.29, 0.717) is 11.5 Å². The first-order chi connectivity index (χ1) is 12.2. The van der Waals surface area contributed by atoms with Gasteiger partial charge < -0.3 is 9.88 Å². The molecule has 124 valence electrons. The molecule has 0 aliphatic carbocycles. The van der Waals surface area contributed by atoms with Crippen LogP contribution >= 0.6 is 12.2 Å². The van der Waals surface area contributed by atoms with Gasteiger partial charge in [0.15, 0.2) is 5.11 Å². The lowest BCUT2D eigenvalue weighted by atomic mass is 9.89. The SMILES string of the molecule is CN1C(=O)[C@H]2Cc3c([nH]c4ccccc34)[C@@H](c3cccnc3)N2C1=S. The van der Waals surface area contributed by atoms with Gasteiger partial charge in [-0.05, 0) is 35.5 Å². The highest BCUT2D eigenvalue weighted by molar-refractivity contribution is 7.80. The number of pyridine rings is 1. The molecule has 1 aromatic carbocycles. The molecule has 25 heavy (non-hydrogen) atoms. The molecule has 5 nitrogen and oxygen atoms in total. The number of H-pyrrole nitrogens is 1. The number of aromatic nitrogens is 2. The maximum atomic E-state index is 12.8. The van der Waals surface area contributed by atoms with Gasteiger partial charge in [0.1, 0.15) is 6.04 Å². The largest absolute Gasteiger partial charge is 0.356 e. The molecule has 1 saturated heterocycles. The minimum Gasteiger partial charge on any atom is -0.356 e. The molecule has 0 radical (unpaired) electrons. The van der Waals surface area contributed by atoms with Crippen molar-refractivity contribution < 1.29 is 4.79 Å². The molecule has 1 fully saturated rings. The molecule has 2 aliphatic heterocycles. The van der Waals surface area contributed by atoms with E-state index in [9.17, 15) is 4.79 Å². The van der Waals surface area contributed by atoms with E-state index in [4.69, 9.17) is 12.2 Å². The van der Waals surface area contributed by atoms with Crippen LogP contribution in [0.3, 0.4) is 0 Å². The van der Waals surface area contributed by atoms with Gasteiger partial charge in [-0.15, -0.1) is 0 Å².